The number of carbonyl (C=O) groups excluding carboxylic acids is 3. The lowest BCUT2D eigenvalue weighted by molar-refractivity contribution is -0.313. The first-order valence-electron chi connectivity index (χ1n) is 8.29. The van der Waals surface area contributed by atoms with Gasteiger partial charge in [0.05, 0.1) is 18.6 Å². The van der Waals surface area contributed by atoms with Crippen LogP contribution in [0.15, 0.2) is 12.2 Å². The van der Waals surface area contributed by atoms with E-state index in [1.807, 2.05) is 26.0 Å². The molecule has 0 saturated heterocycles. The summed E-state index contributed by atoms with van der Waals surface area (Å²) in [7, 11) is 1.30. The van der Waals surface area contributed by atoms with Gasteiger partial charge >= 0.3 is 5.97 Å². The van der Waals surface area contributed by atoms with E-state index < -0.39 is 23.8 Å². The number of thiophene rings is 1. The highest BCUT2D eigenvalue weighted by Gasteiger charge is 2.49. The fourth-order valence-corrected chi connectivity index (χ4v) is 5.24. The van der Waals surface area contributed by atoms with Crippen molar-refractivity contribution in [3.63, 3.8) is 0 Å². The van der Waals surface area contributed by atoms with Crippen LogP contribution in [0.4, 0.5) is 5.00 Å². The number of aliphatic carboxylic acids is 1. The number of aryl methyl sites for hydroxylation is 1. The highest BCUT2D eigenvalue weighted by molar-refractivity contribution is 7.16. The van der Waals surface area contributed by atoms with Gasteiger partial charge in [-0.05, 0) is 37.2 Å². The first-order valence-corrected chi connectivity index (χ1v) is 9.11. The molecule has 25 heavy (non-hydrogen) atoms. The Bertz CT molecular complexity index is 766. The van der Waals surface area contributed by atoms with Crippen LogP contribution in [-0.2, 0) is 20.7 Å². The van der Waals surface area contributed by atoms with E-state index in [4.69, 9.17) is 4.74 Å². The van der Waals surface area contributed by atoms with Crippen molar-refractivity contribution >= 4 is 34.2 Å². The summed E-state index contributed by atoms with van der Waals surface area (Å²) in [5.41, 5.74) is 1.21. The van der Waals surface area contributed by atoms with Gasteiger partial charge in [0.15, 0.2) is 0 Å². The third kappa shape index (κ3) is 2.86. The van der Waals surface area contributed by atoms with Crippen molar-refractivity contribution in [3.8, 4) is 0 Å². The highest BCUT2D eigenvalue weighted by Crippen LogP contribution is 2.48. The van der Waals surface area contributed by atoms with E-state index in [0.717, 1.165) is 10.4 Å². The van der Waals surface area contributed by atoms with Gasteiger partial charge in [-0.15, -0.1) is 11.3 Å². The summed E-state index contributed by atoms with van der Waals surface area (Å²) in [4.78, 5) is 37.4. The first-order chi connectivity index (χ1) is 11.9. The lowest BCUT2D eigenvalue weighted by Gasteiger charge is -2.27. The molecule has 3 rings (SSSR count). The predicted octanol–water partition coefficient (Wildman–Crippen LogP) is 1.53. The Hall–Kier alpha value is -2.15. The molecule has 134 valence electrons. The fourth-order valence-electron chi connectivity index (χ4n) is 4.11. The number of carboxylic acid groups (broad SMARTS) is 1. The molecule has 2 bridgehead atoms. The molecular formula is C18H20NO5S-. The molecule has 1 amide bonds. The van der Waals surface area contributed by atoms with Crippen LogP contribution in [0, 0.1) is 30.6 Å². The average molecular weight is 362 g/mol. The Morgan fingerprint density at radius 1 is 1.28 bits per heavy atom. The molecule has 0 spiro atoms. The number of rotatable bonds is 5. The zero-order chi connectivity index (χ0) is 18.3. The Balaban J connectivity index is 1.90. The normalized spacial score (nSPS) is 26.7. The number of carbonyl (C=O) groups is 3. The number of fused-ring (bicyclic) bond motifs is 2. The highest BCUT2D eigenvalue weighted by atomic mass is 32.1. The molecule has 1 aromatic rings. The number of ether oxygens (including phenoxy) is 1. The minimum absolute atomic E-state index is 0.0961. The van der Waals surface area contributed by atoms with Crippen LogP contribution < -0.4 is 10.4 Å². The smallest absolute Gasteiger partial charge is 0.341 e. The number of allylic oxidation sites excluding steroid dienone is 2. The standard InChI is InChI=1S/C18H21NO5S/c1-4-11-8(2)25-16(14(11)18(23)24-3)19-15(20)12-9-5-6-10(7-9)13(12)17(21)22/h5-6,9-10,12-13H,4,7H2,1-3H3,(H,19,20)(H,21,22)/p-1/t9-,10+,12+,13+/m1/s1. The topological polar surface area (TPSA) is 95.5 Å². The number of hydrogen-bond acceptors (Lipinski definition) is 6. The zero-order valence-corrected chi connectivity index (χ0v) is 15.1. The van der Waals surface area contributed by atoms with Gasteiger partial charge in [-0.25, -0.2) is 4.79 Å². The van der Waals surface area contributed by atoms with Gasteiger partial charge in [-0.2, -0.15) is 0 Å². The molecule has 1 heterocycles. The molecule has 7 heteroatoms. The van der Waals surface area contributed by atoms with Crippen molar-refractivity contribution in [2.75, 3.05) is 12.4 Å². The first kappa shape index (κ1) is 17.7. The van der Waals surface area contributed by atoms with E-state index in [1.54, 1.807) is 0 Å². The summed E-state index contributed by atoms with van der Waals surface area (Å²) < 4.78 is 4.85. The van der Waals surface area contributed by atoms with Crippen molar-refractivity contribution < 1.29 is 24.2 Å². The van der Waals surface area contributed by atoms with Gasteiger partial charge in [0.25, 0.3) is 0 Å². The molecule has 0 radical (unpaired) electrons. The van der Waals surface area contributed by atoms with E-state index in [1.165, 1.54) is 18.4 Å². The van der Waals surface area contributed by atoms with Crippen LogP contribution in [0.1, 0.15) is 34.1 Å². The number of hydrogen-bond donors (Lipinski definition) is 1. The largest absolute Gasteiger partial charge is 0.550 e. The van der Waals surface area contributed by atoms with E-state index in [2.05, 4.69) is 5.32 Å². The minimum atomic E-state index is -1.19. The lowest BCUT2D eigenvalue weighted by atomic mass is 9.82. The Morgan fingerprint density at radius 2 is 1.92 bits per heavy atom. The van der Waals surface area contributed by atoms with Crippen LogP contribution in [0.3, 0.4) is 0 Å². The molecule has 0 unspecified atom stereocenters. The second-order valence-corrected chi connectivity index (χ2v) is 7.72. The predicted molar refractivity (Wildman–Crippen MR) is 91.1 cm³/mol. The minimum Gasteiger partial charge on any atom is -0.550 e. The second kappa shape index (κ2) is 6.63. The second-order valence-electron chi connectivity index (χ2n) is 6.49. The van der Waals surface area contributed by atoms with Crippen molar-refractivity contribution in [2.45, 2.75) is 26.7 Å². The number of nitrogens with one attached hydrogen (secondary N) is 1. The van der Waals surface area contributed by atoms with E-state index in [9.17, 15) is 19.5 Å². The van der Waals surface area contributed by atoms with Crippen molar-refractivity contribution in [2.24, 2.45) is 23.7 Å². The fraction of sp³-hybridized carbons (Fsp3) is 0.500. The van der Waals surface area contributed by atoms with E-state index in [-0.39, 0.29) is 17.7 Å². The third-order valence-electron chi connectivity index (χ3n) is 5.22. The third-order valence-corrected chi connectivity index (χ3v) is 6.29. The van der Waals surface area contributed by atoms with E-state index in [0.29, 0.717) is 23.4 Å². The molecule has 1 N–H and O–H groups in total. The summed E-state index contributed by atoms with van der Waals surface area (Å²) in [5.74, 6) is -3.80. The van der Waals surface area contributed by atoms with Crippen LogP contribution in [0.5, 0.6) is 0 Å². The van der Waals surface area contributed by atoms with Crippen molar-refractivity contribution in [3.05, 3.63) is 28.2 Å². The van der Waals surface area contributed by atoms with Gasteiger partial charge in [-0.3, -0.25) is 4.79 Å². The van der Waals surface area contributed by atoms with E-state index >= 15 is 0 Å². The Kier molecular flexibility index (Phi) is 4.69. The van der Waals surface area contributed by atoms with Crippen molar-refractivity contribution in [1.29, 1.82) is 0 Å². The molecule has 2 aliphatic rings. The molecule has 0 aromatic carbocycles. The quantitative estimate of drug-likeness (QED) is 0.633. The Labute approximate surface area is 149 Å². The van der Waals surface area contributed by atoms with Gasteiger partial charge in [0, 0.05) is 16.8 Å². The average Bonchev–Trinajstić information content (AvgIpc) is 3.26. The number of esters is 1. The summed E-state index contributed by atoms with van der Waals surface area (Å²) in [6.07, 6.45) is 5.07. The maximum Gasteiger partial charge on any atom is 0.341 e. The van der Waals surface area contributed by atoms with Gasteiger partial charge in [-0.1, -0.05) is 19.1 Å². The van der Waals surface area contributed by atoms with Crippen LogP contribution in [0.2, 0.25) is 0 Å². The van der Waals surface area contributed by atoms with Crippen LogP contribution >= 0.6 is 11.3 Å². The number of amides is 1. The summed E-state index contributed by atoms with van der Waals surface area (Å²) in [6, 6.07) is 0. The van der Waals surface area contributed by atoms with Gasteiger partial charge in [0.2, 0.25) is 5.91 Å². The van der Waals surface area contributed by atoms with Gasteiger partial charge < -0.3 is 20.0 Å². The zero-order valence-electron chi connectivity index (χ0n) is 14.3. The summed E-state index contributed by atoms with van der Waals surface area (Å²) in [6.45, 7) is 3.82. The number of methoxy groups -OCH3 is 1. The molecule has 1 saturated carbocycles. The lowest BCUT2D eigenvalue weighted by Crippen LogP contribution is -2.42. The Morgan fingerprint density at radius 3 is 2.48 bits per heavy atom. The molecule has 6 nitrogen and oxygen atoms in total. The van der Waals surface area contributed by atoms with Crippen molar-refractivity contribution in [1.82, 2.24) is 0 Å². The number of anilines is 1. The SMILES string of the molecule is CCc1c(C)sc(NC(=O)[C@@H]2[C@@H](C(=O)[O-])[C@H]3C=C[C@@H]2C3)c1C(=O)OC. The molecule has 2 aliphatic carbocycles. The molecular weight excluding hydrogens is 342 g/mol. The van der Waals surface area contributed by atoms with Gasteiger partial charge in [0.1, 0.15) is 5.00 Å². The molecule has 1 aromatic heterocycles. The summed E-state index contributed by atoms with van der Waals surface area (Å²) in [5, 5.41) is 14.7. The van der Waals surface area contributed by atoms with Crippen LogP contribution in [-0.4, -0.2) is 25.0 Å². The summed E-state index contributed by atoms with van der Waals surface area (Å²) >= 11 is 1.31. The molecule has 0 aliphatic heterocycles. The monoisotopic (exact) mass is 362 g/mol. The maximum atomic E-state index is 12.8. The maximum absolute atomic E-state index is 12.8. The molecule has 4 atom stereocenters. The molecule has 1 fully saturated rings. The number of carboxylic acids is 1. The van der Waals surface area contributed by atoms with Crippen LogP contribution in [0.25, 0.3) is 0 Å².